The fourth-order valence-corrected chi connectivity index (χ4v) is 1.23. The molecule has 0 spiro atoms. The van der Waals surface area contributed by atoms with Gasteiger partial charge in [0.15, 0.2) is 0 Å². The van der Waals surface area contributed by atoms with Gasteiger partial charge in [0.2, 0.25) is 0 Å². The lowest BCUT2D eigenvalue weighted by molar-refractivity contribution is -0.150. The van der Waals surface area contributed by atoms with Crippen LogP contribution in [0.4, 0.5) is 0 Å². The molecule has 1 heterocycles. The number of carbonyl (C=O) groups excluding carboxylic acids is 2. The van der Waals surface area contributed by atoms with E-state index in [0.717, 1.165) is 5.56 Å². The van der Waals surface area contributed by atoms with E-state index in [4.69, 9.17) is 0 Å². The molecule has 0 saturated heterocycles. The van der Waals surface area contributed by atoms with E-state index in [1.807, 2.05) is 30.3 Å². The summed E-state index contributed by atoms with van der Waals surface area (Å²) in [4.78, 5) is 21.8. The van der Waals surface area contributed by atoms with Gasteiger partial charge in [-0.2, -0.15) is 0 Å². The zero-order valence-corrected chi connectivity index (χ0v) is 7.84. The van der Waals surface area contributed by atoms with Crippen molar-refractivity contribution in [2.24, 2.45) is 0 Å². The van der Waals surface area contributed by atoms with Crippen molar-refractivity contribution in [3.63, 3.8) is 0 Å². The summed E-state index contributed by atoms with van der Waals surface area (Å²) in [6, 6.07) is 9.50. The number of hydrogen-bond acceptors (Lipinski definition) is 3. The maximum Gasteiger partial charge on any atom is 0.346 e. The van der Waals surface area contributed by atoms with Crippen LogP contribution in [0.25, 0.3) is 6.08 Å². The third-order valence-corrected chi connectivity index (χ3v) is 1.96. The summed E-state index contributed by atoms with van der Waals surface area (Å²) in [5.74, 6) is -1.19. The molecule has 3 heteroatoms. The van der Waals surface area contributed by atoms with Gasteiger partial charge < -0.3 is 4.74 Å². The number of esters is 2. The second-order valence-corrected chi connectivity index (χ2v) is 3.05. The van der Waals surface area contributed by atoms with Crippen molar-refractivity contribution in [2.45, 2.75) is 0 Å². The van der Waals surface area contributed by atoms with Crippen LogP contribution in [-0.2, 0) is 14.3 Å². The van der Waals surface area contributed by atoms with Crippen LogP contribution in [0.2, 0.25) is 0 Å². The van der Waals surface area contributed by atoms with Crippen LogP contribution < -0.4 is 0 Å². The van der Waals surface area contributed by atoms with Gasteiger partial charge in [-0.3, -0.25) is 0 Å². The zero-order valence-electron chi connectivity index (χ0n) is 7.84. The average Bonchev–Trinajstić information content (AvgIpc) is 2.56. The van der Waals surface area contributed by atoms with E-state index < -0.39 is 11.9 Å². The average molecular weight is 200 g/mol. The van der Waals surface area contributed by atoms with Gasteiger partial charge in [-0.25, -0.2) is 9.59 Å². The second kappa shape index (κ2) is 3.92. The molecule has 0 aromatic heterocycles. The van der Waals surface area contributed by atoms with Crippen LogP contribution in [0.15, 0.2) is 48.1 Å². The van der Waals surface area contributed by atoms with E-state index in [0.29, 0.717) is 0 Å². The molecule has 3 nitrogen and oxygen atoms in total. The molecule has 0 saturated carbocycles. The lowest BCUT2D eigenvalue weighted by atomic mass is 10.1. The number of hydrogen-bond donors (Lipinski definition) is 0. The number of ether oxygens (including phenoxy) is 1. The van der Waals surface area contributed by atoms with Crippen LogP contribution in [0.3, 0.4) is 0 Å². The molecule has 74 valence electrons. The Kier molecular flexibility index (Phi) is 2.46. The fourth-order valence-electron chi connectivity index (χ4n) is 1.23. The molecule has 1 aromatic rings. The zero-order chi connectivity index (χ0) is 10.7. The molecule has 0 unspecified atom stereocenters. The van der Waals surface area contributed by atoms with Gasteiger partial charge in [-0.05, 0) is 11.6 Å². The minimum atomic E-state index is -0.604. The predicted octanol–water partition coefficient (Wildman–Crippen LogP) is 1.71. The summed E-state index contributed by atoms with van der Waals surface area (Å²) in [7, 11) is 0. The Hall–Kier alpha value is -2.16. The Morgan fingerprint density at radius 1 is 1.00 bits per heavy atom. The first kappa shape index (κ1) is 9.40. The molecule has 0 amide bonds. The first-order valence-electron chi connectivity index (χ1n) is 4.47. The highest BCUT2D eigenvalue weighted by Crippen LogP contribution is 2.11. The smallest absolute Gasteiger partial charge is 0.346 e. The first-order valence-corrected chi connectivity index (χ1v) is 4.47. The van der Waals surface area contributed by atoms with Gasteiger partial charge in [-0.1, -0.05) is 36.4 Å². The van der Waals surface area contributed by atoms with E-state index in [9.17, 15) is 9.59 Å². The van der Waals surface area contributed by atoms with Crippen molar-refractivity contribution in [3.05, 3.63) is 53.6 Å². The van der Waals surface area contributed by atoms with Crippen LogP contribution in [0.5, 0.6) is 0 Å². The third-order valence-electron chi connectivity index (χ3n) is 1.96. The van der Waals surface area contributed by atoms with E-state index in [2.05, 4.69) is 4.74 Å². The van der Waals surface area contributed by atoms with Crippen molar-refractivity contribution in [3.8, 4) is 0 Å². The van der Waals surface area contributed by atoms with Crippen molar-refractivity contribution in [1.29, 1.82) is 0 Å². The quantitative estimate of drug-likeness (QED) is 0.539. The monoisotopic (exact) mass is 200 g/mol. The molecule has 0 atom stereocenters. The Labute approximate surface area is 86.7 Å². The lowest BCUT2D eigenvalue weighted by Crippen LogP contribution is -2.00. The topological polar surface area (TPSA) is 43.4 Å². The second-order valence-electron chi connectivity index (χ2n) is 3.05. The molecule has 0 N–H and O–H groups in total. The minimum absolute atomic E-state index is 0.281. The summed E-state index contributed by atoms with van der Waals surface area (Å²) >= 11 is 0. The van der Waals surface area contributed by atoms with Crippen LogP contribution in [0, 0.1) is 0 Å². The van der Waals surface area contributed by atoms with E-state index in [-0.39, 0.29) is 5.57 Å². The maximum absolute atomic E-state index is 11.0. The standard InChI is InChI=1S/C12H8O3/c13-11-8-10(12(14)15-11)7-6-9-4-2-1-3-5-9/h1-8H. The van der Waals surface area contributed by atoms with Gasteiger partial charge in [0, 0.05) is 6.08 Å². The summed E-state index contributed by atoms with van der Waals surface area (Å²) in [6.45, 7) is 0. The Balaban J connectivity index is 2.16. The largest absolute Gasteiger partial charge is 0.386 e. The summed E-state index contributed by atoms with van der Waals surface area (Å²) < 4.78 is 4.34. The lowest BCUT2D eigenvalue weighted by Gasteiger charge is -1.91. The first-order chi connectivity index (χ1) is 7.25. The summed E-state index contributed by atoms with van der Waals surface area (Å²) in [5.41, 5.74) is 1.24. The van der Waals surface area contributed by atoms with E-state index in [1.165, 1.54) is 6.08 Å². The number of carbonyl (C=O) groups is 2. The Bertz CT molecular complexity index is 455. The van der Waals surface area contributed by atoms with Crippen molar-refractivity contribution < 1.29 is 14.3 Å². The summed E-state index contributed by atoms with van der Waals surface area (Å²) in [5, 5.41) is 0. The van der Waals surface area contributed by atoms with Crippen LogP contribution in [0.1, 0.15) is 5.56 Å². The van der Waals surface area contributed by atoms with Gasteiger partial charge in [-0.15, -0.1) is 0 Å². The molecule has 0 bridgehead atoms. The van der Waals surface area contributed by atoms with Crippen molar-refractivity contribution in [1.82, 2.24) is 0 Å². The Morgan fingerprint density at radius 3 is 2.33 bits per heavy atom. The molecule has 0 aliphatic carbocycles. The number of cyclic esters (lactones) is 2. The van der Waals surface area contributed by atoms with E-state index >= 15 is 0 Å². The molecule has 1 aliphatic rings. The Morgan fingerprint density at radius 2 is 1.73 bits per heavy atom. The number of rotatable bonds is 2. The van der Waals surface area contributed by atoms with Gasteiger partial charge in [0.05, 0.1) is 5.57 Å². The van der Waals surface area contributed by atoms with Crippen molar-refractivity contribution >= 4 is 18.0 Å². The SMILES string of the molecule is O=C1C=C(C=Cc2ccccc2)C(=O)O1. The summed E-state index contributed by atoms with van der Waals surface area (Å²) in [6.07, 6.45) is 4.51. The highest BCUT2D eigenvalue weighted by Gasteiger charge is 2.20. The highest BCUT2D eigenvalue weighted by molar-refractivity contribution is 6.10. The molecule has 1 aliphatic heterocycles. The molecule has 2 rings (SSSR count). The van der Waals surface area contributed by atoms with Gasteiger partial charge >= 0.3 is 11.9 Å². The molecular weight excluding hydrogens is 192 g/mol. The van der Waals surface area contributed by atoms with Gasteiger partial charge in [0.25, 0.3) is 0 Å². The molecule has 15 heavy (non-hydrogen) atoms. The van der Waals surface area contributed by atoms with Crippen molar-refractivity contribution in [2.75, 3.05) is 0 Å². The maximum atomic E-state index is 11.0. The molecule has 0 radical (unpaired) electrons. The fraction of sp³-hybridized carbons (Fsp3) is 0. The predicted molar refractivity (Wildman–Crippen MR) is 54.7 cm³/mol. The molecule has 0 fully saturated rings. The minimum Gasteiger partial charge on any atom is -0.386 e. The molecular formula is C12H8O3. The number of benzene rings is 1. The highest BCUT2D eigenvalue weighted by atomic mass is 16.6. The van der Waals surface area contributed by atoms with Gasteiger partial charge in [0.1, 0.15) is 0 Å². The normalized spacial score (nSPS) is 15.6. The van der Waals surface area contributed by atoms with Crippen LogP contribution >= 0.6 is 0 Å². The van der Waals surface area contributed by atoms with Crippen LogP contribution in [-0.4, -0.2) is 11.9 Å². The van der Waals surface area contributed by atoms with E-state index in [1.54, 1.807) is 12.2 Å². The molecule has 1 aromatic carbocycles. The third kappa shape index (κ3) is 2.20.